The molecule has 0 fully saturated rings. The molecule has 1 aromatic carbocycles. The third kappa shape index (κ3) is 2.41. The van der Waals surface area contributed by atoms with Gasteiger partial charge < -0.3 is 5.73 Å². The predicted octanol–water partition coefficient (Wildman–Crippen LogP) is 3.19. The first-order valence-electron chi connectivity index (χ1n) is 5.94. The fraction of sp³-hybridized carbons (Fsp3) is 0.267. The summed E-state index contributed by atoms with van der Waals surface area (Å²) in [5.74, 6) is -0.239. The van der Waals surface area contributed by atoms with E-state index in [1.54, 1.807) is 12.3 Å². The number of benzene rings is 1. The molecule has 1 atom stereocenters. The van der Waals surface area contributed by atoms with Gasteiger partial charge in [0, 0.05) is 6.20 Å². The Bertz CT molecular complexity index is 527. The summed E-state index contributed by atoms with van der Waals surface area (Å²) >= 11 is 0. The van der Waals surface area contributed by atoms with Gasteiger partial charge in [-0.2, -0.15) is 0 Å². The van der Waals surface area contributed by atoms with Gasteiger partial charge in [0.1, 0.15) is 5.82 Å². The molecule has 2 nitrogen and oxygen atoms in total. The van der Waals surface area contributed by atoms with Gasteiger partial charge in [-0.3, -0.25) is 4.98 Å². The van der Waals surface area contributed by atoms with Gasteiger partial charge >= 0.3 is 0 Å². The molecule has 0 spiro atoms. The van der Waals surface area contributed by atoms with Crippen LogP contribution in [0, 0.1) is 26.6 Å². The highest BCUT2D eigenvalue weighted by Crippen LogP contribution is 2.24. The first-order chi connectivity index (χ1) is 8.49. The predicted molar refractivity (Wildman–Crippen MR) is 70.9 cm³/mol. The summed E-state index contributed by atoms with van der Waals surface area (Å²) in [6.45, 7) is 5.86. The Kier molecular flexibility index (Phi) is 3.43. The molecule has 1 heterocycles. The zero-order chi connectivity index (χ0) is 13.3. The van der Waals surface area contributed by atoms with E-state index in [1.807, 2.05) is 20.8 Å². The van der Waals surface area contributed by atoms with Crippen molar-refractivity contribution in [2.75, 3.05) is 0 Å². The molecule has 3 heteroatoms. The zero-order valence-corrected chi connectivity index (χ0v) is 10.9. The Labute approximate surface area is 107 Å². The normalized spacial score (nSPS) is 12.5. The molecule has 0 aliphatic rings. The van der Waals surface area contributed by atoms with Crippen LogP contribution in [0.4, 0.5) is 4.39 Å². The molecule has 1 unspecified atom stereocenters. The van der Waals surface area contributed by atoms with Crippen LogP contribution in [0.2, 0.25) is 0 Å². The Morgan fingerprint density at radius 1 is 1.11 bits per heavy atom. The van der Waals surface area contributed by atoms with Gasteiger partial charge in [0.05, 0.1) is 11.7 Å². The van der Waals surface area contributed by atoms with Crippen LogP contribution in [0.1, 0.15) is 34.0 Å². The summed E-state index contributed by atoms with van der Waals surface area (Å²) in [6.07, 6.45) is 1.81. The number of aryl methyl sites for hydroxylation is 3. The van der Waals surface area contributed by atoms with Crippen LogP contribution in [0.5, 0.6) is 0 Å². The SMILES string of the molecule is Cc1cnc(C(N)c2ccc(F)cc2C)c(C)c1. The van der Waals surface area contributed by atoms with Crippen LogP contribution in [0.3, 0.4) is 0 Å². The van der Waals surface area contributed by atoms with Crippen molar-refractivity contribution in [2.24, 2.45) is 5.73 Å². The van der Waals surface area contributed by atoms with Crippen molar-refractivity contribution in [3.05, 3.63) is 64.2 Å². The van der Waals surface area contributed by atoms with E-state index in [1.165, 1.54) is 12.1 Å². The van der Waals surface area contributed by atoms with E-state index in [2.05, 4.69) is 11.1 Å². The van der Waals surface area contributed by atoms with Gasteiger partial charge in [-0.05, 0) is 55.2 Å². The third-order valence-corrected chi connectivity index (χ3v) is 3.12. The van der Waals surface area contributed by atoms with E-state index >= 15 is 0 Å². The Hall–Kier alpha value is -1.74. The highest BCUT2D eigenvalue weighted by atomic mass is 19.1. The molecule has 2 N–H and O–H groups in total. The van der Waals surface area contributed by atoms with Gasteiger partial charge in [-0.25, -0.2) is 4.39 Å². The lowest BCUT2D eigenvalue weighted by atomic mass is 9.96. The van der Waals surface area contributed by atoms with Crippen molar-refractivity contribution >= 4 is 0 Å². The van der Waals surface area contributed by atoms with Crippen molar-refractivity contribution < 1.29 is 4.39 Å². The molecule has 0 amide bonds. The van der Waals surface area contributed by atoms with Crippen molar-refractivity contribution in [3.63, 3.8) is 0 Å². The van der Waals surface area contributed by atoms with E-state index in [0.717, 1.165) is 27.9 Å². The molecule has 0 bridgehead atoms. The smallest absolute Gasteiger partial charge is 0.123 e. The highest BCUT2D eigenvalue weighted by Gasteiger charge is 2.15. The standard InChI is InChI=1S/C15H17FN2/c1-9-6-11(3)15(18-8-9)14(17)13-5-4-12(16)7-10(13)2/h4-8,14H,17H2,1-3H3. The molecular formula is C15H17FN2. The Balaban J connectivity index is 2.44. The number of pyridine rings is 1. The van der Waals surface area contributed by atoms with Crippen molar-refractivity contribution in [2.45, 2.75) is 26.8 Å². The minimum atomic E-state index is -0.314. The average molecular weight is 244 g/mol. The van der Waals surface area contributed by atoms with Gasteiger partial charge in [0.25, 0.3) is 0 Å². The zero-order valence-electron chi connectivity index (χ0n) is 10.9. The highest BCUT2D eigenvalue weighted by molar-refractivity contribution is 5.37. The molecule has 0 saturated carbocycles. The second-order valence-electron chi connectivity index (χ2n) is 4.69. The van der Waals surface area contributed by atoms with Crippen molar-refractivity contribution in [1.82, 2.24) is 4.98 Å². The monoisotopic (exact) mass is 244 g/mol. The molecule has 0 saturated heterocycles. The van der Waals surface area contributed by atoms with E-state index in [4.69, 9.17) is 5.73 Å². The van der Waals surface area contributed by atoms with Crippen molar-refractivity contribution in [3.8, 4) is 0 Å². The second kappa shape index (κ2) is 4.86. The molecular weight excluding hydrogens is 227 g/mol. The van der Waals surface area contributed by atoms with Crippen LogP contribution in [-0.2, 0) is 0 Å². The van der Waals surface area contributed by atoms with Crippen LogP contribution in [-0.4, -0.2) is 4.98 Å². The van der Waals surface area contributed by atoms with Crippen LogP contribution in [0.15, 0.2) is 30.5 Å². The number of hydrogen-bond donors (Lipinski definition) is 1. The van der Waals surface area contributed by atoms with Gasteiger partial charge in [0.2, 0.25) is 0 Å². The summed E-state index contributed by atoms with van der Waals surface area (Å²) in [4.78, 5) is 4.40. The summed E-state index contributed by atoms with van der Waals surface area (Å²) in [7, 11) is 0. The van der Waals surface area contributed by atoms with E-state index < -0.39 is 0 Å². The number of nitrogens with zero attached hydrogens (tertiary/aromatic N) is 1. The Morgan fingerprint density at radius 2 is 1.83 bits per heavy atom. The molecule has 0 aliphatic heterocycles. The summed E-state index contributed by atoms with van der Waals surface area (Å²) in [5, 5.41) is 0. The second-order valence-corrected chi connectivity index (χ2v) is 4.69. The molecule has 18 heavy (non-hydrogen) atoms. The van der Waals surface area contributed by atoms with Crippen LogP contribution in [0.25, 0.3) is 0 Å². The van der Waals surface area contributed by atoms with Gasteiger partial charge in [-0.1, -0.05) is 12.1 Å². The first kappa shape index (κ1) is 12.7. The van der Waals surface area contributed by atoms with Crippen LogP contribution < -0.4 is 5.73 Å². The molecule has 2 aromatic rings. The minimum absolute atomic E-state index is 0.239. The maximum atomic E-state index is 13.1. The van der Waals surface area contributed by atoms with Crippen LogP contribution >= 0.6 is 0 Å². The first-order valence-corrected chi connectivity index (χ1v) is 5.94. The minimum Gasteiger partial charge on any atom is -0.319 e. The number of hydrogen-bond acceptors (Lipinski definition) is 2. The largest absolute Gasteiger partial charge is 0.319 e. The maximum Gasteiger partial charge on any atom is 0.123 e. The fourth-order valence-electron chi connectivity index (χ4n) is 2.19. The van der Waals surface area contributed by atoms with Crippen molar-refractivity contribution in [1.29, 1.82) is 0 Å². The average Bonchev–Trinajstić information content (AvgIpc) is 2.28. The molecule has 0 aliphatic carbocycles. The molecule has 0 radical (unpaired) electrons. The number of rotatable bonds is 2. The van der Waals surface area contributed by atoms with E-state index in [9.17, 15) is 4.39 Å². The Morgan fingerprint density at radius 3 is 2.44 bits per heavy atom. The number of halogens is 1. The number of nitrogens with two attached hydrogens (primary N) is 1. The van der Waals surface area contributed by atoms with Gasteiger partial charge in [-0.15, -0.1) is 0 Å². The lowest BCUT2D eigenvalue weighted by Crippen LogP contribution is -2.16. The molecule has 94 valence electrons. The molecule has 1 aromatic heterocycles. The quantitative estimate of drug-likeness (QED) is 0.881. The number of aromatic nitrogens is 1. The maximum absolute atomic E-state index is 13.1. The third-order valence-electron chi connectivity index (χ3n) is 3.12. The lowest BCUT2D eigenvalue weighted by molar-refractivity contribution is 0.624. The topological polar surface area (TPSA) is 38.9 Å². The fourth-order valence-corrected chi connectivity index (χ4v) is 2.19. The summed E-state index contributed by atoms with van der Waals surface area (Å²) in [5.41, 5.74) is 11.0. The molecule has 2 rings (SSSR count). The van der Waals surface area contributed by atoms with Gasteiger partial charge in [0.15, 0.2) is 0 Å². The lowest BCUT2D eigenvalue weighted by Gasteiger charge is -2.16. The van der Waals surface area contributed by atoms with E-state index in [0.29, 0.717) is 0 Å². The summed E-state index contributed by atoms with van der Waals surface area (Å²) < 4.78 is 13.1. The summed E-state index contributed by atoms with van der Waals surface area (Å²) in [6, 6.07) is 6.41. The van der Waals surface area contributed by atoms with E-state index in [-0.39, 0.29) is 11.9 Å².